The van der Waals surface area contributed by atoms with Gasteiger partial charge in [-0.05, 0) is 39.2 Å². The largest absolute Gasteiger partial charge is 0.329 e. The Morgan fingerprint density at radius 1 is 1.44 bits per heavy atom. The molecule has 1 rings (SSSR count). The molecular weight excluding hydrogens is 196 g/mol. The van der Waals surface area contributed by atoms with Gasteiger partial charge in [0.1, 0.15) is 0 Å². The molecule has 0 amide bonds. The summed E-state index contributed by atoms with van der Waals surface area (Å²) in [6.45, 7) is 7.77. The summed E-state index contributed by atoms with van der Waals surface area (Å²) in [5.74, 6) is 0.807. The van der Waals surface area contributed by atoms with Crippen molar-refractivity contribution in [3.05, 3.63) is 0 Å². The molecule has 0 aromatic heterocycles. The first kappa shape index (κ1) is 14.0. The fourth-order valence-corrected chi connectivity index (χ4v) is 3.64. The van der Waals surface area contributed by atoms with Crippen LogP contribution in [0.25, 0.3) is 0 Å². The van der Waals surface area contributed by atoms with Gasteiger partial charge in [0, 0.05) is 18.1 Å². The van der Waals surface area contributed by atoms with Gasteiger partial charge in [-0.1, -0.05) is 33.1 Å². The van der Waals surface area contributed by atoms with Crippen molar-refractivity contribution in [3.8, 4) is 0 Å². The smallest absolute Gasteiger partial charge is 0.0359 e. The Hall–Kier alpha value is -0.0800. The van der Waals surface area contributed by atoms with Crippen LogP contribution in [0.5, 0.6) is 0 Å². The molecule has 3 atom stereocenters. The minimum Gasteiger partial charge on any atom is -0.329 e. The monoisotopic (exact) mass is 226 g/mol. The summed E-state index contributed by atoms with van der Waals surface area (Å²) >= 11 is 0. The van der Waals surface area contributed by atoms with Crippen LogP contribution >= 0.6 is 0 Å². The Kier molecular flexibility index (Phi) is 5.26. The van der Waals surface area contributed by atoms with Gasteiger partial charge in [-0.15, -0.1) is 0 Å². The molecule has 2 N–H and O–H groups in total. The van der Waals surface area contributed by atoms with Crippen LogP contribution in [-0.2, 0) is 0 Å². The second-order valence-corrected chi connectivity index (χ2v) is 5.55. The summed E-state index contributed by atoms with van der Waals surface area (Å²) in [5, 5.41) is 0. The van der Waals surface area contributed by atoms with E-state index in [-0.39, 0.29) is 0 Å². The third-order valence-corrected chi connectivity index (χ3v) is 4.84. The van der Waals surface area contributed by atoms with Crippen molar-refractivity contribution in [1.29, 1.82) is 0 Å². The van der Waals surface area contributed by atoms with Crippen LogP contribution in [0, 0.1) is 5.92 Å². The molecule has 0 aromatic rings. The number of hydrogen-bond acceptors (Lipinski definition) is 2. The first-order valence-electron chi connectivity index (χ1n) is 7.05. The molecule has 1 aliphatic rings. The third kappa shape index (κ3) is 2.43. The number of nitrogens with zero attached hydrogens (tertiary/aromatic N) is 1. The highest BCUT2D eigenvalue weighted by Gasteiger charge is 2.44. The Balaban J connectivity index is 2.78. The van der Waals surface area contributed by atoms with E-state index in [1.807, 2.05) is 0 Å². The quantitative estimate of drug-likeness (QED) is 0.754. The van der Waals surface area contributed by atoms with Gasteiger partial charge in [0.05, 0.1) is 0 Å². The summed E-state index contributed by atoms with van der Waals surface area (Å²) in [6.07, 6.45) is 7.86. The first-order chi connectivity index (χ1) is 7.62. The third-order valence-electron chi connectivity index (χ3n) is 4.84. The molecule has 0 bridgehead atoms. The van der Waals surface area contributed by atoms with Gasteiger partial charge in [-0.25, -0.2) is 0 Å². The molecule has 16 heavy (non-hydrogen) atoms. The number of rotatable bonds is 6. The van der Waals surface area contributed by atoms with E-state index in [0.717, 1.165) is 12.5 Å². The van der Waals surface area contributed by atoms with E-state index in [4.69, 9.17) is 5.73 Å². The standard InChI is InChI=1S/C14H30N2/c1-5-8-12(3)16(4)14(11-15)10-7-9-13(14)6-2/h12-13H,5-11,15H2,1-4H3. The van der Waals surface area contributed by atoms with Crippen LogP contribution in [0.3, 0.4) is 0 Å². The average molecular weight is 226 g/mol. The maximum Gasteiger partial charge on any atom is 0.0359 e. The van der Waals surface area contributed by atoms with Crippen molar-refractivity contribution in [2.45, 2.75) is 70.9 Å². The van der Waals surface area contributed by atoms with Crippen LogP contribution in [-0.4, -0.2) is 30.1 Å². The molecule has 0 heterocycles. The maximum absolute atomic E-state index is 6.13. The van der Waals surface area contributed by atoms with Crippen molar-refractivity contribution < 1.29 is 0 Å². The van der Waals surface area contributed by atoms with Crippen LogP contribution < -0.4 is 5.73 Å². The normalized spacial score (nSPS) is 32.2. The summed E-state index contributed by atoms with van der Waals surface area (Å²) < 4.78 is 0. The predicted molar refractivity (Wildman–Crippen MR) is 71.6 cm³/mol. The fourth-order valence-electron chi connectivity index (χ4n) is 3.64. The summed E-state index contributed by atoms with van der Waals surface area (Å²) in [5.41, 5.74) is 6.42. The van der Waals surface area contributed by atoms with E-state index in [0.29, 0.717) is 11.6 Å². The van der Waals surface area contributed by atoms with E-state index in [1.165, 1.54) is 38.5 Å². The van der Waals surface area contributed by atoms with Gasteiger partial charge >= 0.3 is 0 Å². The second kappa shape index (κ2) is 6.02. The van der Waals surface area contributed by atoms with Crippen molar-refractivity contribution in [2.75, 3.05) is 13.6 Å². The van der Waals surface area contributed by atoms with Crippen molar-refractivity contribution in [2.24, 2.45) is 11.7 Å². The Morgan fingerprint density at radius 2 is 2.12 bits per heavy atom. The fraction of sp³-hybridized carbons (Fsp3) is 1.00. The lowest BCUT2D eigenvalue weighted by molar-refractivity contribution is 0.0446. The highest BCUT2D eigenvalue weighted by Crippen LogP contribution is 2.42. The lowest BCUT2D eigenvalue weighted by atomic mass is 9.82. The van der Waals surface area contributed by atoms with Crippen LogP contribution in [0.15, 0.2) is 0 Å². The zero-order valence-electron chi connectivity index (χ0n) is 11.6. The molecule has 1 fully saturated rings. The van der Waals surface area contributed by atoms with Gasteiger partial charge in [-0.3, -0.25) is 4.90 Å². The molecule has 3 unspecified atom stereocenters. The molecule has 0 spiro atoms. The molecular formula is C14H30N2. The molecule has 0 aromatic carbocycles. The highest BCUT2D eigenvalue weighted by molar-refractivity contribution is 5.01. The van der Waals surface area contributed by atoms with Gasteiger partial charge < -0.3 is 5.73 Å². The zero-order chi connectivity index (χ0) is 12.2. The van der Waals surface area contributed by atoms with E-state index in [2.05, 4.69) is 32.7 Å². The number of likely N-dealkylation sites (N-methyl/N-ethyl adjacent to an activating group) is 1. The Bertz CT molecular complexity index is 205. The summed E-state index contributed by atoms with van der Waals surface area (Å²) in [7, 11) is 2.29. The molecule has 0 radical (unpaired) electrons. The molecule has 1 aliphatic carbocycles. The van der Waals surface area contributed by atoms with Crippen LogP contribution in [0.2, 0.25) is 0 Å². The topological polar surface area (TPSA) is 29.3 Å². The van der Waals surface area contributed by atoms with Gasteiger partial charge in [0.25, 0.3) is 0 Å². The van der Waals surface area contributed by atoms with E-state index < -0.39 is 0 Å². The SMILES string of the molecule is CCCC(C)N(C)C1(CN)CCCC1CC. The summed E-state index contributed by atoms with van der Waals surface area (Å²) in [6, 6.07) is 0.667. The van der Waals surface area contributed by atoms with E-state index in [9.17, 15) is 0 Å². The van der Waals surface area contributed by atoms with Crippen molar-refractivity contribution >= 4 is 0 Å². The molecule has 2 nitrogen and oxygen atoms in total. The highest BCUT2D eigenvalue weighted by atomic mass is 15.2. The lowest BCUT2D eigenvalue weighted by Gasteiger charge is -2.46. The first-order valence-corrected chi connectivity index (χ1v) is 7.05. The summed E-state index contributed by atoms with van der Waals surface area (Å²) in [4.78, 5) is 2.59. The zero-order valence-corrected chi connectivity index (χ0v) is 11.6. The molecule has 96 valence electrons. The molecule has 0 saturated heterocycles. The maximum atomic E-state index is 6.13. The van der Waals surface area contributed by atoms with E-state index >= 15 is 0 Å². The van der Waals surface area contributed by atoms with Crippen molar-refractivity contribution in [3.63, 3.8) is 0 Å². The predicted octanol–water partition coefficient (Wildman–Crippen LogP) is 3.01. The minimum absolute atomic E-state index is 0.295. The Labute approximate surface area is 102 Å². The van der Waals surface area contributed by atoms with Gasteiger partial charge in [-0.2, -0.15) is 0 Å². The average Bonchev–Trinajstić information content (AvgIpc) is 2.72. The van der Waals surface area contributed by atoms with Gasteiger partial charge in [0.15, 0.2) is 0 Å². The number of nitrogens with two attached hydrogens (primary N) is 1. The lowest BCUT2D eigenvalue weighted by Crippen LogP contribution is -2.57. The second-order valence-electron chi connectivity index (χ2n) is 5.55. The minimum atomic E-state index is 0.295. The molecule has 0 aliphatic heterocycles. The molecule has 1 saturated carbocycles. The number of hydrogen-bond donors (Lipinski definition) is 1. The Morgan fingerprint density at radius 3 is 2.62 bits per heavy atom. The van der Waals surface area contributed by atoms with Gasteiger partial charge in [0.2, 0.25) is 0 Å². The van der Waals surface area contributed by atoms with E-state index in [1.54, 1.807) is 0 Å². The van der Waals surface area contributed by atoms with Crippen molar-refractivity contribution in [1.82, 2.24) is 4.90 Å². The van der Waals surface area contributed by atoms with Crippen LogP contribution in [0.1, 0.15) is 59.3 Å². The molecule has 2 heteroatoms. The van der Waals surface area contributed by atoms with Crippen LogP contribution in [0.4, 0.5) is 0 Å².